The number of benzene rings is 3. The summed E-state index contributed by atoms with van der Waals surface area (Å²) in [5, 5.41) is 0. The smallest absolute Gasteiger partial charge is 0.119 e. The molecule has 0 bridgehead atoms. The molecule has 2 aromatic heterocycles. The number of hydrogen-bond acceptors (Lipinski definition) is 3. The van der Waals surface area contributed by atoms with Crippen LogP contribution >= 0.6 is 0 Å². The maximum Gasteiger partial charge on any atom is 0.119 e. The Labute approximate surface area is 213 Å². The molecule has 0 saturated carbocycles. The van der Waals surface area contributed by atoms with Crippen LogP contribution in [0.1, 0.15) is 47.5 Å². The highest BCUT2D eigenvalue weighted by molar-refractivity contribution is 5.67. The number of ether oxygens (including phenoxy) is 1. The molecular weight excluding hydrogens is 444 g/mol. The molecule has 0 aliphatic heterocycles. The van der Waals surface area contributed by atoms with Crippen molar-refractivity contribution in [1.29, 1.82) is 0 Å². The Morgan fingerprint density at radius 1 is 0.694 bits per heavy atom. The maximum absolute atomic E-state index is 5.37. The molecule has 0 amide bonds. The second-order valence-corrected chi connectivity index (χ2v) is 8.63. The van der Waals surface area contributed by atoms with Gasteiger partial charge in [0.1, 0.15) is 5.75 Å². The summed E-state index contributed by atoms with van der Waals surface area (Å²) in [7, 11) is 1.72. The minimum Gasteiger partial charge on any atom is -0.497 e. The van der Waals surface area contributed by atoms with Crippen molar-refractivity contribution in [2.45, 2.75) is 39.5 Å². The third-order valence-corrected chi connectivity index (χ3v) is 6.35. The minimum atomic E-state index is 0.856. The molecule has 0 radical (unpaired) electrons. The first-order valence-corrected chi connectivity index (χ1v) is 12.5. The fourth-order valence-corrected chi connectivity index (χ4v) is 4.47. The molecule has 0 unspecified atom stereocenters. The van der Waals surface area contributed by atoms with Crippen molar-refractivity contribution in [3.05, 3.63) is 125 Å². The van der Waals surface area contributed by atoms with Gasteiger partial charge in [0.25, 0.3) is 0 Å². The van der Waals surface area contributed by atoms with Crippen LogP contribution in [0.25, 0.3) is 11.1 Å². The van der Waals surface area contributed by atoms with Crippen LogP contribution in [0.3, 0.4) is 0 Å². The van der Waals surface area contributed by atoms with Crippen LogP contribution in [0.4, 0.5) is 0 Å². The van der Waals surface area contributed by atoms with Crippen LogP contribution < -0.4 is 4.74 Å². The third-order valence-electron chi connectivity index (χ3n) is 6.35. The van der Waals surface area contributed by atoms with E-state index in [1.165, 1.54) is 33.4 Å². The summed E-state index contributed by atoms with van der Waals surface area (Å²) >= 11 is 0. The summed E-state index contributed by atoms with van der Waals surface area (Å²) in [5.74, 6) is 0.953. The Hall–Kier alpha value is -4.12. The predicted molar refractivity (Wildman–Crippen MR) is 146 cm³/mol. The predicted octanol–water partition coefficient (Wildman–Crippen LogP) is 6.80. The van der Waals surface area contributed by atoms with E-state index in [2.05, 4.69) is 94.4 Å². The van der Waals surface area contributed by atoms with Gasteiger partial charge in [-0.15, -0.1) is 0 Å². The average Bonchev–Trinajstić information content (AvgIpc) is 3.65. The zero-order chi connectivity index (χ0) is 25.2. The van der Waals surface area contributed by atoms with Crippen LogP contribution in [0, 0.1) is 0 Å². The van der Waals surface area contributed by atoms with Crippen molar-refractivity contribution in [1.82, 2.24) is 19.9 Å². The molecule has 0 aliphatic carbocycles. The highest BCUT2D eigenvalue weighted by Gasteiger charge is 2.11. The van der Waals surface area contributed by atoms with Gasteiger partial charge in [-0.05, 0) is 58.4 Å². The number of methoxy groups -OCH3 is 1. The van der Waals surface area contributed by atoms with Crippen molar-refractivity contribution in [3.8, 4) is 16.9 Å². The molecule has 184 valence electrons. The zero-order valence-electron chi connectivity index (χ0n) is 21.3. The Morgan fingerprint density at radius 2 is 1.28 bits per heavy atom. The number of nitrogens with zero attached hydrogens (tertiary/aromatic N) is 2. The summed E-state index contributed by atoms with van der Waals surface area (Å²) in [6, 6.07) is 23.2. The largest absolute Gasteiger partial charge is 0.497 e. The van der Waals surface area contributed by atoms with Gasteiger partial charge in [0, 0.05) is 25.2 Å². The van der Waals surface area contributed by atoms with E-state index in [4.69, 9.17) is 4.74 Å². The topological polar surface area (TPSA) is 66.6 Å². The maximum atomic E-state index is 5.37. The molecule has 36 heavy (non-hydrogen) atoms. The van der Waals surface area contributed by atoms with Gasteiger partial charge in [0.2, 0.25) is 0 Å². The van der Waals surface area contributed by atoms with E-state index in [1.807, 2.05) is 18.5 Å². The van der Waals surface area contributed by atoms with Crippen molar-refractivity contribution in [3.63, 3.8) is 0 Å². The SMILES string of the molecule is CCc1cc(OC)cc(CC)c1Cc1c[nH]cn1.c1ccc(-c2ccccc2Cc2c[nH]cn2)cc1. The molecule has 0 fully saturated rings. The summed E-state index contributed by atoms with van der Waals surface area (Å²) in [6.07, 6.45) is 11.1. The first-order chi connectivity index (χ1) is 17.7. The summed E-state index contributed by atoms with van der Waals surface area (Å²) < 4.78 is 5.37. The lowest BCUT2D eigenvalue weighted by Gasteiger charge is -2.14. The van der Waals surface area contributed by atoms with E-state index in [0.29, 0.717) is 0 Å². The monoisotopic (exact) mass is 478 g/mol. The van der Waals surface area contributed by atoms with Gasteiger partial charge in [-0.2, -0.15) is 0 Å². The Morgan fingerprint density at radius 3 is 1.83 bits per heavy atom. The van der Waals surface area contributed by atoms with E-state index in [1.54, 1.807) is 19.8 Å². The summed E-state index contributed by atoms with van der Waals surface area (Å²) in [5.41, 5.74) is 10.1. The van der Waals surface area contributed by atoms with E-state index in [0.717, 1.165) is 42.8 Å². The lowest BCUT2D eigenvalue weighted by Crippen LogP contribution is -2.02. The molecule has 0 atom stereocenters. The van der Waals surface area contributed by atoms with Crippen LogP contribution in [0.5, 0.6) is 5.75 Å². The van der Waals surface area contributed by atoms with Crippen molar-refractivity contribution in [2.75, 3.05) is 7.11 Å². The van der Waals surface area contributed by atoms with Crippen molar-refractivity contribution in [2.24, 2.45) is 0 Å². The number of aromatic amines is 2. The molecule has 0 aliphatic rings. The molecule has 5 aromatic rings. The van der Waals surface area contributed by atoms with Crippen LogP contribution in [0.2, 0.25) is 0 Å². The van der Waals surface area contributed by atoms with Gasteiger partial charge >= 0.3 is 0 Å². The number of imidazole rings is 2. The van der Waals surface area contributed by atoms with Gasteiger partial charge in [-0.3, -0.25) is 0 Å². The Balaban J connectivity index is 0.000000169. The minimum absolute atomic E-state index is 0.856. The molecule has 5 nitrogen and oxygen atoms in total. The molecule has 3 aromatic carbocycles. The Bertz CT molecular complexity index is 1300. The second-order valence-electron chi connectivity index (χ2n) is 8.63. The van der Waals surface area contributed by atoms with Gasteiger partial charge in [0.05, 0.1) is 31.2 Å². The van der Waals surface area contributed by atoms with Crippen molar-refractivity contribution < 1.29 is 4.74 Å². The molecule has 5 heteroatoms. The standard InChI is InChI=1S/C16H14N2.C15H20N2O/c1-2-6-13(7-3-1)16-9-5-4-8-14(16)10-15-11-17-12-18-15;1-4-11-6-14(18-3)7-12(5-2)15(11)8-13-9-16-10-17-13/h1-9,11-12H,10H2,(H,17,18);6-7,9-10H,4-5,8H2,1-3H3,(H,16,17). The highest BCUT2D eigenvalue weighted by atomic mass is 16.5. The van der Waals surface area contributed by atoms with Crippen LogP contribution in [0.15, 0.2) is 91.8 Å². The number of rotatable bonds is 8. The van der Waals surface area contributed by atoms with Gasteiger partial charge in [-0.25, -0.2) is 9.97 Å². The molecule has 2 N–H and O–H groups in total. The molecule has 0 saturated heterocycles. The normalized spacial score (nSPS) is 10.5. The summed E-state index contributed by atoms with van der Waals surface area (Å²) in [6.45, 7) is 4.37. The highest BCUT2D eigenvalue weighted by Crippen LogP contribution is 2.26. The van der Waals surface area contributed by atoms with E-state index < -0.39 is 0 Å². The molecular formula is C31H34N4O. The summed E-state index contributed by atoms with van der Waals surface area (Å²) in [4.78, 5) is 14.6. The lowest BCUT2D eigenvalue weighted by atomic mass is 9.94. The molecule has 2 heterocycles. The number of nitrogens with one attached hydrogen (secondary N) is 2. The van der Waals surface area contributed by atoms with E-state index >= 15 is 0 Å². The van der Waals surface area contributed by atoms with E-state index in [-0.39, 0.29) is 0 Å². The van der Waals surface area contributed by atoms with Gasteiger partial charge < -0.3 is 14.7 Å². The number of H-pyrrole nitrogens is 2. The number of aromatic nitrogens is 4. The number of aryl methyl sites for hydroxylation is 2. The average molecular weight is 479 g/mol. The second kappa shape index (κ2) is 12.5. The first kappa shape index (κ1) is 25.0. The quantitative estimate of drug-likeness (QED) is 0.258. The van der Waals surface area contributed by atoms with Crippen LogP contribution in [-0.2, 0) is 25.7 Å². The van der Waals surface area contributed by atoms with Gasteiger partial charge in [0.15, 0.2) is 0 Å². The van der Waals surface area contributed by atoms with E-state index in [9.17, 15) is 0 Å². The molecule has 5 rings (SSSR count). The van der Waals surface area contributed by atoms with Gasteiger partial charge in [-0.1, -0.05) is 68.4 Å². The van der Waals surface area contributed by atoms with Crippen molar-refractivity contribution >= 4 is 0 Å². The zero-order valence-corrected chi connectivity index (χ0v) is 21.3. The fraction of sp³-hybridized carbons (Fsp3) is 0.226. The number of hydrogen-bond donors (Lipinski definition) is 2. The fourth-order valence-electron chi connectivity index (χ4n) is 4.47. The first-order valence-electron chi connectivity index (χ1n) is 12.5. The molecule has 0 spiro atoms. The lowest BCUT2D eigenvalue weighted by molar-refractivity contribution is 0.413. The Kier molecular flexibility index (Phi) is 8.71. The third kappa shape index (κ3) is 6.30. The van der Waals surface area contributed by atoms with Crippen LogP contribution in [-0.4, -0.2) is 27.0 Å².